The Morgan fingerprint density at radius 1 is 1.17 bits per heavy atom. The summed E-state index contributed by atoms with van der Waals surface area (Å²) in [5.74, 6) is 2.18. The lowest BCUT2D eigenvalue weighted by Gasteiger charge is -2.32. The van der Waals surface area contributed by atoms with Crippen molar-refractivity contribution in [2.24, 2.45) is 5.92 Å². The molecule has 1 atom stereocenters. The zero-order valence-electron chi connectivity index (χ0n) is 17.7. The highest BCUT2D eigenvalue weighted by atomic mass is 32.1. The van der Waals surface area contributed by atoms with Gasteiger partial charge in [-0.1, -0.05) is 13.8 Å². The average molecular weight is 420 g/mol. The molecule has 158 valence electrons. The maximum absolute atomic E-state index is 13.2. The van der Waals surface area contributed by atoms with E-state index in [1.807, 2.05) is 4.90 Å². The van der Waals surface area contributed by atoms with Crippen molar-refractivity contribution in [2.75, 3.05) is 34.4 Å². The van der Waals surface area contributed by atoms with Gasteiger partial charge in [0.1, 0.15) is 10.0 Å². The number of likely N-dealkylation sites (tertiary alicyclic amines) is 1. The first-order valence-electron chi connectivity index (χ1n) is 9.88. The quantitative estimate of drug-likeness (QED) is 0.680. The lowest BCUT2D eigenvalue weighted by Crippen LogP contribution is -2.39. The molecule has 1 aromatic heterocycles. The van der Waals surface area contributed by atoms with E-state index in [0.29, 0.717) is 35.3 Å². The fraction of sp³-hybridized carbons (Fsp3) is 0.571. The van der Waals surface area contributed by atoms with E-state index in [0.717, 1.165) is 35.8 Å². The van der Waals surface area contributed by atoms with E-state index in [9.17, 15) is 4.79 Å². The van der Waals surface area contributed by atoms with Crippen LogP contribution < -0.4 is 14.2 Å². The number of rotatable bonds is 7. The first-order valence-corrected chi connectivity index (χ1v) is 10.7. The SMILES string of the molecule is COc1cc(C(=O)N2CCCC(c3nnc(CC(C)C)s3)C2)cc(OC)c1OC. The molecule has 1 aromatic carbocycles. The Bertz CT molecular complexity index is 827. The molecule has 8 heteroatoms. The number of methoxy groups -OCH3 is 3. The fourth-order valence-corrected chi connectivity index (χ4v) is 4.79. The largest absolute Gasteiger partial charge is 0.493 e. The molecule has 1 aliphatic rings. The van der Waals surface area contributed by atoms with Crippen molar-refractivity contribution in [2.45, 2.75) is 39.0 Å². The molecule has 0 bridgehead atoms. The maximum Gasteiger partial charge on any atom is 0.254 e. The molecule has 1 fully saturated rings. The topological polar surface area (TPSA) is 73.8 Å². The first kappa shape index (κ1) is 21.4. The van der Waals surface area contributed by atoms with Crippen LogP contribution >= 0.6 is 11.3 Å². The Balaban J connectivity index is 1.78. The van der Waals surface area contributed by atoms with E-state index >= 15 is 0 Å². The van der Waals surface area contributed by atoms with Crippen LogP contribution in [0.25, 0.3) is 0 Å². The summed E-state index contributed by atoms with van der Waals surface area (Å²) in [6.07, 6.45) is 2.91. The summed E-state index contributed by atoms with van der Waals surface area (Å²) < 4.78 is 16.1. The van der Waals surface area contributed by atoms with Gasteiger partial charge in [-0.15, -0.1) is 21.5 Å². The molecule has 0 N–H and O–H groups in total. The number of hydrogen-bond acceptors (Lipinski definition) is 7. The molecule has 1 unspecified atom stereocenters. The number of carbonyl (C=O) groups excluding carboxylic acids is 1. The fourth-order valence-electron chi connectivity index (χ4n) is 3.61. The van der Waals surface area contributed by atoms with Gasteiger partial charge in [0.2, 0.25) is 5.75 Å². The number of piperidine rings is 1. The van der Waals surface area contributed by atoms with Gasteiger partial charge in [0.15, 0.2) is 11.5 Å². The molecule has 29 heavy (non-hydrogen) atoms. The lowest BCUT2D eigenvalue weighted by atomic mass is 9.98. The second-order valence-electron chi connectivity index (χ2n) is 7.64. The van der Waals surface area contributed by atoms with Gasteiger partial charge in [0.05, 0.1) is 21.3 Å². The van der Waals surface area contributed by atoms with E-state index in [4.69, 9.17) is 14.2 Å². The lowest BCUT2D eigenvalue weighted by molar-refractivity contribution is 0.0706. The predicted molar refractivity (Wildman–Crippen MR) is 112 cm³/mol. The molecule has 1 amide bonds. The van der Waals surface area contributed by atoms with Crippen molar-refractivity contribution in [3.8, 4) is 17.2 Å². The van der Waals surface area contributed by atoms with Crippen molar-refractivity contribution in [1.29, 1.82) is 0 Å². The molecular weight excluding hydrogens is 390 g/mol. The zero-order valence-corrected chi connectivity index (χ0v) is 18.5. The molecule has 7 nitrogen and oxygen atoms in total. The number of amides is 1. The van der Waals surface area contributed by atoms with Gasteiger partial charge >= 0.3 is 0 Å². The maximum atomic E-state index is 13.2. The van der Waals surface area contributed by atoms with Crippen LogP contribution in [0.1, 0.15) is 53.0 Å². The van der Waals surface area contributed by atoms with E-state index < -0.39 is 0 Å². The minimum Gasteiger partial charge on any atom is -0.493 e. The number of hydrogen-bond donors (Lipinski definition) is 0. The van der Waals surface area contributed by atoms with E-state index in [2.05, 4.69) is 24.0 Å². The summed E-state index contributed by atoms with van der Waals surface area (Å²) in [6, 6.07) is 3.41. The van der Waals surface area contributed by atoms with Crippen LogP contribution in [0.3, 0.4) is 0 Å². The van der Waals surface area contributed by atoms with Gasteiger partial charge in [-0.05, 0) is 30.9 Å². The van der Waals surface area contributed by atoms with Crippen molar-refractivity contribution >= 4 is 17.2 Å². The molecule has 2 heterocycles. The molecule has 2 aromatic rings. The summed E-state index contributed by atoms with van der Waals surface area (Å²) in [4.78, 5) is 15.1. The summed E-state index contributed by atoms with van der Waals surface area (Å²) in [5, 5.41) is 10.9. The van der Waals surface area contributed by atoms with Crippen LogP contribution in [0.4, 0.5) is 0 Å². The van der Waals surface area contributed by atoms with Crippen molar-refractivity contribution in [3.63, 3.8) is 0 Å². The van der Waals surface area contributed by atoms with Crippen LogP contribution in [0.15, 0.2) is 12.1 Å². The van der Waals surface area contributed by atoms with Gasteiger partial charge in [-0.3, -0.25) is 4.79 Å². The van der Waals surface area contributed by atoms with E-state index in [-0.39, 0.29) is 11.8 Å². The van der Waals surface area contributed by atoms with Gasteiger partial charge in [-0.2, -0.15) is 0 Å². The summed E-state index contributed by atoms with van der Waals surface area (Å²) in [7, 11) is 4.64. The van der Waals surface area contributed by atoms with Crippen molar-refractivity contribution in [1.82, 2.24) is 15.1 Å². The Labute approximate surface area is 176 Å². The minimum atomic E-state index is -0.0409. The molecular formula is C21H29N3O4S. The first-order chi connectivity index (χ1) is 14.0. The molecule has 0 aliphatic carbocycles. The third-order valence-electron chi connectivity index (χ3n) is 5.03. The van der Waals surface area contributed by atoms with Crippen LogP contribution in [0.2, 0.25) is 0 Å². The molecule has 0 saturated carbocycles. The number of carbonyl (C=O) groups is 1. The minimum absolute atomic E-state index is 0.0409. The van der Waals surface area contributed by atoms with Gasteiger partial charge < -0.3 is 19.1 Å². The summed E-state index contributed by atoms with van der Waals surface area (Å²) >= 11 is 1.68. The van der Waals surface area contributed by atoms with E-state index in [1.165, 1.54) is 0 Å². The third-order valence-corrected chi connectivity index (χ3v) is 6.14. The highest BCUT2D eigenvalue weighted by molar-refractivity contribution is 7.11. The van der Waals surface area contributed by atoms with Crippen LogP contribution in [-0.2, 0) is 6.42 Å². The van der Waals surface area contributed by atoms with Crippen molar-refractivity contribution < 1.29 is 19.0 Å². The number of aromatic nitrogens is 2. The van der Waals surface area contributed by atoms with Crippen LogP contribution in [0, 0.1) is 5.92 Å². The number of benzene rings is 1. The Kier molecular flexibility index (Phi) is 6.95. The monoisotopic (exact) mass is 419 g/mol. The Morgan fingerprint density at radius 2 is 1.86 bits per heavy atom. The predicted octanol–water partition coefficient (Wildman–Crippen LogP) is 3.78. The number of ether oxygens (including phenoxy) is 3. The molecule has 3 rings (SSSR count). The molecule has 0 radical (unpaired) electrons. The highest BCUT2D eigenvalue weighted by Gasteiger charge is 2.29. The molecule has 0 spiro atoms. The van der Waals surface area contributed by atoms with Gasteiger partial charge in [0.25, 0.3) is 5.91 Å². The standard InChI is InChI=1S/C21H29N3O4S/c1-13(2)9-18-22-23-20(29-18)14-7-6-8-24(12-14)21(25)15-10-16(26-3)19(28-5)17(11-15)27-4/h10-11,13-14H,6-9,12H2,1-5H3. The summed E-state index contributed by atoms with van der Waals surface area (Å²) in [5.41, 5.74) is 0.526. The summed E-state index contributed by atoms with van der Waals surface area (Å²) in [6.45, 7) is 5.73. The second-order valence-corrected chi connectivity index (χ2v) is 8.73. The normalized spacial score (nSPS) is 16.8. The second kappa shape index (κ2) is 9.43. The third kappa shape index (κ3) is 4.80. The molecule has 1 saturated heterocycles. The highest BCUT2D eigenvalue weighted by Crippen LogP contribution is 2.39. The van der Waals surface area contributed by atoms with Gasteiger partial charge in [0, 0.05) is 31.0 Å². The van der Waals surface area contributed by atoms with E-state index in [1.54, 1.807) is 44.8 Å². The average Bonchev–Trinajstić information content (AvgIpc) is 3.19. The Morgan fingerprint density at radius 3 is 2.45 bits per heavy atom. The van der Waals surface area contributed by atoms with Crippen LogP contribution in [0.5, 0.6) is 17.2 Å². The van der Waals surface area contributed by atoms with Gasteiger partial charge in [-0.25, -0.2) is 0 Å². The number of nitrogens with zero attached hydrogens (tertiary/aromatic N) is 3. The van der Waals surface area contributed by atoms with Crippen molar-refractivity contribution in [3.05, 3.63) is 27.7 Å². The van der Waals surface area contributed by atoms with Crippen LogP contribution in [-0.4, -0.2) is 55.4 Å². The zero-order chi connectivity index (χ0) is 21.0. The molecule has 1 aliphatic heterocycles. The smallest absolute Gasteiger partial charge is 0.254 e. The Hall–Kier alpha value is -2.35.